The number of hydrogen-bond acceptors (Lipinski definition) is 2. The second-order valence-electron chi connectivity index (χ2n) is 13.7. The van der Waals surface area contributed by atoms with Gasteiger partial charge in [-0.1, -0.05) is 170 Å². The quantitative estimate of drug-likeness (QED) is 0.166. The fourth-order valence-corrected chi connectivity index (χ4v) is 7.88. The van der Waals surface area contributed by atoms with Gasteiger partial charge in [0.25, 0.3) is 0 Å². The topological polar surface area (TPSA) is 16.4 Å². The number of nitrogens with zero attached hydrogens (tertiary/aromatic N) is 1. The fourth-order valence-electron chi connectivity index (χ4n) is 7.88. The molecule has 54 heavy (non-hydrogen) atoms. The summed E-state index contributed by atoms with van der Waals surface area (Å²) in [6, 6.07) is 75.9. The zero-order valence-electron chi connectivity index (χ0n) is 29.6. The number of benzene rings is 9. The maximum absolute atomic E-state index is 6.42. The first-order valence-electron chi connectivity index (χ1n) is 18.4. The Bertz CT molecular complexity index is 2920. The third-order valence-corrected chi connectivity index (χ3v) is 10.5. The average molecular weight is 690 g/mol. The molecule has 0 aliphatic heterocycles. The van der Waals surface area contributed by atoms with E-state index >= 15 is 0 Å². The number of hydrogen-bond donors (Lipinski definition) is 0. The molecule has 0 bridgehead atoms. The van der Waals surface area contributed by atoms with Crippen molar-refractivity contribution in [3.8, 4) is 44.5 Å². The molecule has 1 heterocycles. The Hall–Kier alpha value is -7.16. The lowest BCUT2D eigenvalue weighted by molar-refractivity contribution is 0.669. The zero-order chi connectivity index (χ0) is 35.8. The molecule has 0 unspecified atom stereocenters. The highest BCUT2D eigenvalue weighted by atomic mass is 16.3. The molecule has 2 heteroatoms. The molecule has 1 aromatic heterocycles. The van der Waals surface area contributed by atoms with Crippen molar-refractivity contribution in [1.29, 1.82) is 0 Å². The van der Waals surface area contributed by atoms with E-state index in [1.54, 1.807) is 0 Å². The van der Waals surface area contributed by atoms with E-state index in [0.29, 0.717) is 0 Å². The van der Waals surface area contributed by atoms with E-state index < -0.39 is 0 Å². The molecule has 10 aromatic rings. The standard InChI is InChI=1S/C52H35NO/c1-2-13-36(14-3-1)37-27-29-38(30-28-37)39-31-33-43(34-32-39)53(49-24-12-26-51-52(49)47-21-7-9-25-50(47)54-51)48-23-8-6-20-46(48)42-18-10-17-41(35-42)45-22-11-16-40-15-4-5-19-44(40)45/h1-35H. The maximum atomic E-state index is 6.42. The Balaban J connectivity index is 1.12. The first-order valence-corrected chi connectivity index (χ1v) is 18.4. The molecule has 0 amide bonds. The second kappa shape index (κ2) is 13.4. The molecule has 0 fully saturated rings. The average Bonchev–Trinajstić information content (AvgIpc) is 3.64. The summed E-state index contributed by atoms with van der Waals surface area (Å²) >= 11 is 0. The van der Waals surface area contributed by atoms with Crippen molar-refractivity contribution in [1.82, 2.24) is 0 Å². The first-order chi connectivity index (χ1) is 26.8. The van der Waals surface area contributed by atoms with E-state index in [4.69, 9.17) is 4.42 Å². The maximum Gasteiger partial charge on any atom is 0.137 e. The SMILES string of the molecule is c1ccc(-c2ccc(-c3ccc(N(c4ccccc4-c4cccc(-c5cccc6ccccc56)c4)c4cccc5oc6ccccc6c45)cc3)cc2)cc1. The van der Waals surface area contributed by atoms with Crippen LogP contribution >= 0.6 is 0 Å². The molecule has 254 valence electrons. The molecule has 0 aliphatic rings. The van der Waals surface area contributed by atoms with Gasteiger partial charge in [0.05, 0.1) is 16.8 Å². The van der Waals surface area contributed by atoms with Crippen LogP contribution in [0.3, 0.4) is 0 Å². The van der Waals surface area contributed by atoms with Gasteiger partial charge in [0.2, 0.25) is 0 Å². The van der Waals surface area contributed by atoms with Gasteiger partial charge >= 0.3 is 0 Å². The van der Waals surface area contributed by atoms with Crippen molar-refractivity contribution in [2.75, 3.05) is 4.90 Å². The van der Waals surface area contributed by atoms with Crippen LogP contribution < -0.4 is 4.90 Å². The number of furan rings is 1. The van der Waals surface area contributed by atoms with Crippen LogP contribution in [0.2, 0.25) is 0 Å². The summed E-state index contributed by atoms with van der Waals surface area (Å²) in [5.41, 5.74) is 14.5. The van der Waals surface area contributed by atoms with Crippen molar-refractivity contribution in [2.24, 2.45) is 0 Å². The Morgan fingerprint density at radius 2 is 0.815 bits per heavy atom. The van der Waals surface area contributed by atoms with Crippen molar-refractivity contribution in [2.45, 2.75) is 0 Å². The Morgan fingerprint density at radius 3 is 1.61 bits per heavy atom. The molecule has 0 spiro atoms. The summed E-state index contributed by atoms with van der Waals surface area (Å²) in [5, 5.41) is 4.68. The van der Waals surface area contributed by atoms with Crippen LogP contribution in [0.25, 0.3) is 77.2 Å². The van der Waals surface area contributed by atoms with Gasteiger partial charge in [-0.2, -0.15) is 0 Å². The van der Waals surface area contributed by atoms with E-state index in [0.717, 1.165) is 50.1 Å². The number of fused-ring (bicyclic) bond motifs is 4. The lowest BCUT2D eigenvalue weighted by Crippen LogP contribution is -2.11. The van der Waals surface area contributed by atoms with Crippen LogP contribution in [0.15, 0.2) is 217 Å². The third kappa shape index (κ3) is 5.62. The number of anilines is 3. The monoisotopic (exact) mass is 689 g/mol. The van der Waals surface area contributed by atoms with Gasteiger partial charge in [0, 0.05) is 16.6 Å². The van der Waals surface area contributed by atoms with Crippen LogP contribution in [0.5, 0.6) is 0 Å². The minimum absolute atomic E-state index is 0.865. The van der Waals surface area contributed by atoms with Gasteiger partial charge in [-0.15, -0.1) is 0 Å². The van der Waals surface area contributed by atoms with Gasteiger partial charge in [-0.25, -0.2) is 0 Å². The molecule has 10 rings (SSSR count). The van der Waals surface area contributed by atoms with Gasteiger partial charge in [0.1, 0.15) is 11.2 Å². The van der Waals surface area contributed by atoms with E-state index in [-0.39, 0.29) is 0 Å². The van der Waals surface area contributed by atoms with E-state index in [1.165, 1.54) is 44.2 Å². The van der Waals surface area contributed by atoms with Crippen molar-refractivity contribution in [3.05, 3.63) is 212 Å². The van der Waals surface area contributed by atoms with Gasteiger partial charge in [-0.05, 0) is 92.2 Å². The fraction of sp³-hybridized carbons (Fsp3) is 0. The normalized spacial score (nSPS) is 11.3. The summed E-state index contributed by atoms with van der Waals surface area (Å²) in [4.78, 5) is 2.40. The highest BCUT2D eigenvalue weighted by Crippen LogP contribution is 2.46. The summed E-state index contributed by atoms with van der Waals surface area (Å²) in [7, 11) is 0. The van der Waals surface area contributed by atoms with Crippen LogP contribution in [-0.4, -0.2) is 0 Å². The predicted molar refractivity (Wildman–Crippen MR) is 228 cm³/mol. The van der Waals surface area contributed by atoms with Crippen molar-refractivity contribution >= 4 is 49.8 Å². The van der Waals surface area contributed by atoms with Crippen LogP contribution in [-0.2, 0) is 0 Å². The molecule has 0 aliphatic carbocycles. The van der Waals surface area contributed by atoms with Crippen LogP contribution in [0.4, 0.5) is 17.1 Å². The Morgan fingerprint density at radius 1 is 0.315 bits per heavy atom. The number of para-hydroxylation sites is 2. The lowest BCUT2D eigenvalue weighted by atomic mass is 9.94. The lowest BCUT2D eigenvalue weighted by Gasteiger charge is -2.29. The van der Waals surface area contributed by atoms with Gasteiger partial charge in [0.15, 0.2) is 0 Å². The van der Waals surface area contributed by atoms with Crippen molar-refractivity contribution in [3.63, 3.8) is 0 Å². The minimum Gasteiger partial charge on any atom is -0.456 e. The molecular formula is C52H35NO. The molecule has 0 saturated carbocycles. The molecule has 0 radical (unpaired) electrons. The minimum atomic E-state index is 0.865. The van der Waals surface area contributed by atoms with Crippen molar-refractivity contribution < 1.29 is 4.42 Å². The Labute approximate surface area is 314 Å². The molecule has 0 saturated heterocycles. The Kier molecular flexibility index (Phi) is 7.85. The van der Waals surface area contributed by atoms with E-state index in [2.05, 4.69) is 205 Å². The summed E-state index contributed by atoms with van der Waals surface area (Å²) in [6.07, 6.45) is 0. The second-order valence-corrected chi connectivity index (χ2v) is 13.7. The molecule has 9 aromatic carbocycles. The molecule has 0 N–H and O–H groups in total. The third-order valence-electron chi connectivity index (χ3n) is 10.5. The summed E-state index contributed by atoms with van der Waals surface area (Å²) in [6.45, 7) is 0. The van der Waals surface area contributed by atoms with Crippen LogP contribution in [0.1, 0.15) is 0 Å². The van der Waals surface area contributed by atoms with E-state index in [9.17, 15) is 0 Å². The summed E-state index contributed by atoms with van der Waals surface area (Å²) < 4.78 is 6.42. The predicted octanol–water partition coefficient (Wildman–Crippen LogP) is 14.9. The van der Waals surface area contributed by atoms with E-state index in [1.807, 2.05) is 12.1 Å². The van der Waals surface area contributed by atoms with Crippen LogP contribution in [0, 0.1) is 0 Å². The molecular weight excluding hydrogens is 655 g/mol. The molecule has 2 nitrogen and oxygen atoms in total. The summed E-state index contributed by atoms with van der Waals surface area (Å²) in [5.74, 6) is 0. The van der Waals surface area contributed by atoms with Gasteiger partial charge in [-0.3, -0.25) is 0 Å². The smallest absolute Gasteiger partial charge is 0.137 e. The largest absolute Gasteiger partial charge is 0.456 e. The zero-order valence-corrected chi connectivity index (χ0v) is 29.6. The number of rotatable bonds is 7. The molecule has 0 atom stereocenters. The first kappa shape index (κ1) is 31.6. The highest BCUT2D eigenvalue weighted by Gasteiger charge is 2.22. The highest BCUT2D eigenvalue weighted by molar-refractivity contribution is 6.14. The van der Waals surface area contributed by atoms with Gasteiger partial charge < -0.3 is 9.32 Å².